The molecule has 0 radical (unpaired) electrons. The zero-order valence-electron chi connectivity index (χ0n) is 18.9. The molecule has 5 aromatic heterocycles. The third-order valence-electron chi connectivity index (χ3n) is 5.31. The molecule has 0 spiro atoms. The van der Waals surface area contributed by atoms with Crippen LogP contribution in [0.1, 0.15) is 30.6 Å². The van der Waals surface area contributed by atoms with Crippen LogP contribution < -0.4 is 0 Å². The first-order valence-electron chi connectivity index (χ1n) is 10.7. The Hall–Kier alpha value is -3.04. The van der Waals surface area contributed by atoms with Gasteiger partial charge in [-0.2, -0.15) is 10.5 Å². The third kappa shape index (κ3) is 5.01. The summed E-state index contributed by atoms with van der Waals surface area (Å²) in [6.07, 6.45) is 3.98. The Balaban J connectivity index is 1.44. The van der Waals surface area contributed by atoms with E-state index in [1.54, 1.807) is 56.7 Å². The van der Waals surface area contributed by atoms with Gasteiger partial charge in [0.25, 0.3) is 0 Å². The Morgan fingerprint density at radius 2 is 1.14 bits per heavy atom. The maximum absolute atomic E-state index is 9.61. The van der Waals surface area contributed by atoms with Crippen LogP contribution in [0.15, 0.2) is 59.3 Å². The van der Waals surface area contributed by atoms with E-state index in [1.807, 2.05) is 47.2 Å². The molecule has 7 heteroatoms. The van der Waals surface area contributed by atoms with Crippen LogP contribution in [-0.2, 0) is 0 Å². The first-order chi connectivity index (χ1) is 17.1. The third-order valence-corrected chi connectivity index (χ3v) is 10.9. The fourth-order valence-corrected chi connectivity index (χ4v) is 8.67. The van der Waals surface area contributed by atoms with E-state index in [4.69, 9.17) is 0 Å². The first kappa shape index (κ1) is 23.7. The summed E-state index contributed by atoms with van der Waals surface area (Å²) in [5.74, 6) is 0. The SMILES string of the molecule is Cc1cc(/C=C(\C#N)c2cccs2)sc1-c1ccc(-c2sc(/C=C(\C#N)c3cccs3)cc2C)s1. The van der Waals surface area contributed by atoms with Crippen LogP contribution in [0, 0.1) is 36.5 Å². The molecule has 0 fully saturated rings. The molecule has 0 bridgehead atoms. The molecule has 0 saturated heterocycles. The molecule has 0 aliphatic rings. The molecule has 0 atom stereocenters. The van der Waals surface area contributed by atoms with Gasteiger partial charge in [0, 0.05) is 39.0 Å². The van der Waals surface area contributed by atoms with Crippen LogP contribution >= 0.6 is 56.7 Å². The van der Waals surface area contributed by atoms with E-state index in [-0.39, 0.29) is 0 Å². The van der Waals surface area contributed by atoms with Crippen molar-refractivity contribution >= 4 is 80.0 Å². The molecule has 5 aromatic rings. The van der Waals surface area contributed by atoms with Gasteiger partial charge in [-0.15, -0.1) is 56.7 Å². The van der Waals surface area contributed by atoms with Crippen molar-refractivity contribution in [2.75, 3.05) is 0 Å². The molecule has 0 saturated carbocycles. The van der Waals surface area contributed by atoms with Gasteiger partial charge in [0.05, 0.1) is 11.1 Å². The molecule has 0 aliphatic carbocycles. The minimum absolute atomic E-state index is 0.703. The molecule has 35 heavy (non-hydrogen) atoms. The van der Waals surface area contributed by atoms with Crippen LogP contribution in [0.25, 0.3) is 42.8 Å². The molecule has 2 nitrogen and oxygen atoms in total. The normalized spacial score (nSPS) is 12.0. The molecule has 170 valence electrons. The van der Waals surface area contributed by atoms with E-state index in [1.165, 1.54) is 30.6 Å². The van der Waals surface area contributed by atoms with Crippen molar-refractivity contribution in [3.05, 3.63) is 89.9 Å². The molecule has 0 unspecified atom stereocenters. The van der Waals surface area contributed by atoms with Gasteiger partial charge in [-0.05, 0) is 84.3 Å². The number of allylic oxidation sites excluding steroid dienone is 2. The molecule has 0 aromatic carbocycles. The van der Waals surface area contributed by atoms with Crippen LogP contribution in [0.5, 0.6) is 0 Å². The highest BCUT2D eigenvalue weighted by molar-refractivity contribution is 7.27. The second-order valence-corrected chi connectivity index (χ2v) is 12.9. The molecular weight excluding hydrogens is 525 g/mol. The summed E-state index contributed by atoms with van der Waals surface area (Å²) in [6, 6.07) is 21.3. The fourth-order valence-electron chi connectivity index (χ4n) is 3.69. The minimum atomic E-state index is 0.703. The van der Waals surface area contributed by atoms with Gasteiger partial charge >= 0.3 is 0 Å². The van der Waals surface area contributed by atoms with Gasteiger partial charge < -0.3 is 0 Å². The lowest BCUT2D eigenvalue weighted by molar-refractivity contribution is 1.54. The lowest BCUT2D eigenvalue weighted by atomic mass is 10.2. The van der Waals surface area contributed by atoms with Crippen molar-refractivity contribution in [1.29, 1.82) is 10.5 Å². The molecule has 0 amide bonds. The quantitative estimate of drug-likeness (QED) is 0.200. The van der Waals surface area contributed by atoms with Crippen molar-refractivity contribution in [2.45, 2.75) is 13.8 Å². The molecular formula is C28H18N2S5. The average Bonchev–Trinajstić information content (AvgIpc) is 3.67. The summed E-state index contributed by atoms with van der Waals surface area (Å²) >= 11 is 8.42. The second kappa shape index (κ2) is 10.3. The smallest absolute Gasteiger partial charge is 0.101 e. The summed E-state index contributed by atoms with van der Waals surface area (Å²) in [6.45, 7) is 4.26. The van der Waals surface area contributed by atoms with E-state index >= 15 is 0 Å². The van der Waals surface area contributed by atoms with Gasteiger partial charge in [-0.1, -0.05) is 12.1 Å². The standard InChI is InChI=1S/C28H18N2S5/c1-17-11-21(13-19(15-29)23-5-3-9-31-23)33-27(17)25-7-8-26(35-25)28-18(2)12-22(34-28)14-20(16-30)24-6-4-10-32-24/h3-14H,1-2H3/b19-13+,20-14+. The number of hydrogen-bond acceptors (Lipinski definition) is 7. The Morgan fingerprint density at radius 3 is 1.51 bits per heavy atom. The van der Waals surface area contributed by atoms with Crippen LogP contribution in [0.3, 0.4) is 0 Å². The van der Waals surface area contributed by atoms with Gasteiger partial charge in [0.2, 0.25) is 0 Å². The zero-order valence-corrected chi connectivity index (χ0v) is 22.9. The van der Waals surface area contributed by atoms with Gasteiger partial charge in [-0.3, -0.25) is 0 Å². The second-order valence-electron chi connectivity index (χ2n) is 7.78. The number of rotatable bonds is 6. The number of aryl methyl sites for hydroxylation is 2. The molecule has 0 aliphatic heterocycles. The number of hydrogen-bond donors (Lipinski definition) is 0. The highest BCUT2D eigenvalue weighted by atomic mass is 32.1. The summed E-state index contributed by atoms with van der Waals surface area (Å²) in [5, 5.41) is 23.2. The Bertz CT molecular complexity index is 1500. The summed E-state index contributed by atoms with van der Waals surface area (Å²) < 4.78 is 0. The summed E-state index contributed by atoms with van der Waals surface area (Å²) in [5.41, 5.74) is 3.85. The van der Waals surface area contributed by atoms with Crippen LogP contribution in [0.4, 0.5) is 0 Å². The Labute approximate surface area is 224 Å². The highest BCUT2D eigenvalue weighted by Crippen LogP contribution is 2.44. The number of nitriles is 2. The lowest BCUT2D eigenvalue weighted by Gasteiger charge is -1.96. The predicted molar refractivity (Wildman–Crippen MR) is 156 cm³/mol. The number of thiophene rings is 5. The van der Waals surface area contributed by atoms with Crippen molar-refractivity contribution in [3.8, 4) is 31.6 Å². The monoisotopic (exact) mass is 542 g/mol. The Kier molecular flexibility index (Phi) is 6.97. The van der Waals surface area contributed by atoms with E-state index in [9.17, 15) is 10.5 Å². The van der Waals surface area contributed by atoms with Gasteiger partial charge in [0.15, 0.2) is 0 Å². The molecule has 5 rings (SSSR count). The first-order valence-corrected chi connectivity index (χ1v) is 14.9. The fraction of sp³-hybridized carbons (Fsp3) is 0.0714. The van der Waals surface area contributed by atoms with E-state index in [0.717, 1.165) is 19.5 Å². The maximum atomic E-state index is 9.61. The van der Waals surface area contributed by atoms with Crippen molar-refractivity contribution in [2.24, 2.45) is 0 Å². The van der Waals surface area contributed by atoms with Crippen LogP contribution in [-0.4, -0.2) is 0 Å². The summed E-state index contributed by atoms with van der Waals surface area (Å²) in [4.78, 5) is 9.13. The Morgan fingerprint density at radius 1 is 0.686 bits per heavy atom. The number of nitrogens with zero attached hydrogens (tertiary/aromatic N) is 2. The van der Waals surface area contributed by atoms with E-state index in [0.29, 0.717) is 11.1 Å². The van der Waals surface area contributed by atoms with E-state index < -0.39 is 0 Å². The topological polar surface area (TPSA) is 47.6 Å². The lowest BCUT2D eigenvalue weighted by Crippen LogP contribution is -1.73. The van der Waals surface area contributed by atoms with Crippen molar-refractivity contribution < 1.29 is 0 Å². The van der Waals surface area contributed by atoms with E-state index in [2.05, 4.69) is 50.3 Å². The maximum Gasteiger partial charge on any atom is 0.101 e. The van der Waals surface area contributed by atoms with Gasteiger partial charge in [-0.25, -0.2) is 0 Å². The van der Waals surface area contributed by atoms with Gasteiger partial charge in [0.1, 0.15) is 12.1 Å². The van der Waals surface area contributed by atoms with Crippen LogP contribution in [0.2, 0.25) is 0 Å². The molecule has 0 N–H and O–H groups in total. The highest BCUT2D eigenvalue weighted by Gasteiger charge is 2.15. The van der Waals surface area contributed by atoms with Crippen molar-refractivity contribution in [3.63, 3.8) is 0 Å². The zero-order chi connectivity index (χ0) is 24.4. The average molecular weight is 543 g/mol. The largest absolute Gasteiger partial charge is 0.192 e. The minimum Gasteiger partial charge on any atom is -0.192 e. The van der Waals surface area contributed by atoms with Crippen molar-refractivity contribution in [1.82, 2.24) is 0 Å². The summed E-state index contributed by atoms with van der Waals surface area (Å²) in [7, 11) is 0. The molecule has 5 heterocycles. The predicted octanol–water partition coefficient (Wildman–Crippen LogP) is 10.1.